The third-order valence-corrected chi connectivity index (χ3v) is 3.11. The van der Waals surface area contributed by atoms with Crippen LogP contribution in [0.5, 0.6) is 0 Å². The number of carbonyl (C=O) groups excluding carboxylic acids is 2. The molecule has 1 fully saturated rings. The molecule has 2 amide bonds. The van der Waals surface area contributed by atoms with Crippen LogP contribution in [-0.4, -0.2) is 26.4 Å². The van der Waals surface area contributed by atoms with E-state index in [-0.39, 0.29) is 17.7 Å². The fourth-order valence-electron chi connectivity index (χ4n) is 2.21. The Morgan fingerprint density at radius 3 is 3.00 bits per heavy atom. The van der Waals surface area contributed by atoms with Crippen molar-refractivity contribution in [2.75, 3.05) is 5.73 Å². The van der Waals surface area contributed by atoms with E-state index < -0.39 is 0 Å². The average Bonchev–Trinajstić information content (AvgIpc) is 2.81. The number of pyridine rings is 1. The Balaban J connectivity index is 2.09. The molecule has 3 heterocycles. The Labute approximate surface area is 102 Å². The first-order valence-electron chi connectivity index (χ1n) is 5.58. The van der Waals surface area contributed by atoms with Crippen LogP contribution in [0.15, 0.2) is 18.5 Å². The summed E-state index contributed by atoms with van der Waals surface area (Å²) in [6.07, 6.45) is 2.34. The van der Waals surface area contributed by atoms with Crippen molar-refractivity contribution in [3.63, 3.8) is 0 Å². The fourth-order valence-corrected chi connectivity index (χ4v) is 2.21. The van der Waals surface area contributed by atoms with Gasteiger partial charge in [0.1, 0.15) is 6.33 Å². The van der Waals surface area contributed by atoms with Gasteiger partial charge < -0.3 is 5.73 Å². The topological polar surface area (TPSA) is 102 Å². The van der Waals surface area contributed by atoms with Crippen LogP contribution >= 0.6 is 0 Å². The third-order valence-electron chi connectivity index (χ3n) is 3.11. The molecule has 0 saturated carbocycles. The molecule has 18 heavy (non-hydrogen) atoms. The highest BCUT2D eigenvalue weighted by Gasteiger charge is 2.29. The van der Waals surface area contributed by atoms with E-state index in [0.29, 0.717) is 24.2 Å². The van der Waals surface area contributed by atoms with E-state index in [1.54, 1.807) is 16.5 Å². The molecule has 1 atom stereocenters. The van der Waals surface area contributed by atoms with Gasteiger partial charge in [-0.15, -0.1) is 10.2 Å². The molecule has 7 heteroatoms. The maximum absolute atomic E-state index is 11.8. The number of imide groups is 1. The first kappa shape index (κ1) is 10.7. The fraction of sp³-hybridized carbons (Fsp3) is 0.273. The Morgan fingerprint density at radius 1 is 1.39 bits per heavy atom. The summed E-state index contributed by atoms with van der Waals surface area (Å²) >= 11 is 0. The smallest absolute Gasteiger partial charge is 0.235 e. The lowest BCUT2D eigenvalue weighted by Gasteiger charge is -2.21. The van der Waals surface area contributed by atoms with Crippen LogP contribution < -0.4 is 11.1 Å². The summed E-state index contributed by atoms with van der Waals surface area (Å²) in [6.45, 7) is 0. The summed E-state index contributed by atoms with van der Waals surface area (Å²) in [4.78, 5) is 23.0. The van der Waals surface area contributed by atoms with E-state index in [2.05, 4.69) is 15.5 Å². The number of hydrogen-bond acceptors (Lipinski definition) is 5. The summed E-state index contributed by atoms with van der Waals surface area (Å²) < 4.78 is 1.69. The molecule has 2 aromatic rings. The van der Waals surface area contributed by atoms with Crippen molar-refractivity contribution < 1.29 is 9.59 Å². The number of nitrogens with zero attached hydrogens (tertiary/aromatic N) is 3. The summed E-state index contributed by atoms with van der Waals surface area (Å²) in [5, 5.41) is 10.0. The first-order chi connectivity index (χ1) is 8.66. The predicted molar refractivity (Wildman–Crippen MR) is 62.5 cm³/mol. The Morgan fingerprint density at radius 2 is 2.22 bits per heavy atom. The highest BCUT2D eigenvalue weighted by molar-refractivity contribution is 6.00. The second-order valence-electron chi connectivity index (χ2n) is 4.24. The summed E-state index contributed by atoms with van der Waals surface area (Å²) in [5.74, 6) is -0.889. The molecule has 0 spiro atoms. The van der Waals surface area contributed by atoms with Gasteiger partial charge in [-0.1, -0.05) is 0 Å². The maximum Gasteiger partial charge on any atom is 0.235 e. The van der Waals surface area contributed by atoms with Gasteiger partial charge in [0.25, 0.3) is 0 Å². The second kappa shape index (κ2) is 3.80. The standard InChI is InChI=1S/C11H11N5O2/c12-7-2-3-8(16-5-13-15-10(7)16)6-1-4-9(17)14-11(6)18/h2-3,5-6H,1,4,12H2,(H,14,17,18). The van der Waals surface area contributed by atoms with E-state index >= 15 is 0 Å². The van der Waals surface area contributed by atoms with E-state index in [9.17, 15) is 9.59 Å². The van der Waals surface area contributed by atoms with Gasteiger partial charge in [0.15, 0.2) is 5.65 Å². The number of aromatic nitrogens is 3. The maximum atomic E-state index is 11.8. The highest BCUT2D eigenvalue weighted by Crippen LogP contribution is 2.26. The van der Waals surface area contributed by atoms with Gasteiger partial charge in [0.05, 0.1) is 11.6 Å². The number of amides is 2. The molecule has 92 valence electrons. The lowest BCUT2D eigenvalue weighted by molar-refractivity contribution is -0.134. The molecule has 3 N–H and O–H groups in total. The molecule has 1 saturated heterocycles. The van der Waals surface area contributed by atoms with Crippen LogP contribution in [0.3, 0.4) is 0 Å². The Hall–Kier alpha value is -2.44. The Bertz CT molecular complexity index is 648. The molecule has 3 rings (SSSR count). The zero-order chi connectivity index (χ0) is 12.7. The zero-order valence-electron chi connectivity index (χ0n) is 9.46. The number of anilines is 1. The minimum absolute atomic E-state index is 0.230. The molecule has 1 unspecified atom stereocenters. The summed E-state index contributed by atoms with van der Waals surface area (Å²) in [6, 6.07) is 3.47. The molecule has 1 aliphatic heterocycles. The van der Waals surface area contributed by atoms with Crippen molar-refractivity contribution in [2.24, 2.45) is 0 Å². The van der Waals surface area contributed by atoms with Gasteiger partial charge in [-0.25, -0.2) is 0 Å². The van der Waals surface area contributed by atoms with Gasteiger partial charge in [-0.3, -0.25) is 19.3 Å². The van der Waals surface area contributed by atoms with Crippen LogP contribution in [-0.2, 0) is 9.59 Å². The average molecular weight is 245 g/mol. The van der Waals surface area contributed by atoms with Crippen molar-refractivity contribution in [2.45, 2.75) is 18.8 Å². The van der Waals surface area contributed by atoms with Gasteiger partial charge in [0, 0.05) is 12.1 Å². The normalized spacial score (nSPS) is 20.1. The third kappa shape index (κ3) is 1.52. The zero-order valence-corrected chi connectivity index (χ0v) is 9.46. The molecular weight excluding hydrogens is 234 g/mol. The van der Waals surface area contributed by atoms with Crippen LogP contribution in [0.4, 0.5) is 5.69 Å². The second-order valence-corrected chi connectivity index (χ2v) is 4.24. The number of fused-ring (bicyclic) bond motifs is 1. The van der Waals surface area contributed by atoms with E-state index in [4.69, 9.17) is 5.73 Å². The van der Waals surface area contributed by atoms with Gasteiger partial charge in [0.2, 0.25) is 11.8 Å². The Kier molecular flexibility index (Phi) is 2.26. The van der Waals surface area contributed by atoms with Crippen LogP contribution in [0, 0.1) is 0 Å². The minimum Gasteiger partial charge on any atom is -0.396 e. The largest absolute Gasteiger partial charge is 0.396 e. The van der Waals surface area contributed by atoms with E-state index in [1.807, 2.05) is 0 Å². The highest BCUT2D eigenvalue weighted by atomic mass is 16.2. The molecule has 0 bridgehead atoms. The van der Waals surface area contributed by atoms with E-state index in [0.717, 1.165) is 5.69 Å². The molecule has 7 nitrogen and oxygen atoms in total. The molecule has 0 aliphatic carbocycles. The minimum atomic E-state index is -0.373. The molecule has 2 aromatic heterocycles. The van der Waals surface area contributed by atoms with Gasteiger partial charge in [-0.2, -0.15) is 0 Å². The summed E-state index contributed by atoms with van der Waals surface area (Å²) in [5.41, 5.74) is 7.55. The number of nitrogens with one attached hydrogen (secondary N) is 1. The van der Waals surface area contributed by atoms with E-state index in [1.165, 1.54) is 6.33 Å². The van der Waals surface area contributed by atoms with Crippen LogP contribution in [0.1, 0.15) is 24.5 Å². The number of rotatable bonds is 1. The van der Waals surface area contributed by atoms with Crippen molar-refractivity contribution in [3.05, 3.63) is 24.2 Å². The summed E-state index contributed by atoms with van der Waals surface area (Å²) in [7, 11) is 0. The van der Waals surface area contributed by atoms with Crippen molar-refractivity contribution >= 4 is 23.1 Å². The number of nitrogens with two attached hydrogens (primary N) is 1. The van der Waals surface area contributed by atoms with Gasteiger partial charge in [-0.05, 0) is 18.6 Å². The molecular formula is C11H11N5O2. The number of hydrogen-bond donors (Lipinski definition) is 2. The van der Waals surface area contributed by atoms with Crippen molar-refractivity contribution in [1.82, 2.24) is 19.9 Å². The van der Waals surface area contributed by atoms with Crippen molar-refractivity contribution in [1.29, 1.82) is 0 Å². The van der Waals surface area contributed by atoms with Gasteiger partial charge >= 0.3 is 0 Å². The molecule has 0 aromatic carbocycles. The lowest BCUT2D eigenvalue weighted by Crippen LogP contribution is -2.40. The number of piperidine rings is 1. The lowest BCUT2D eigenvalue weighted by atomic mass is 9.94. The monoisotopic (exact) mass is 245 g/mol. The number of carbonyl (C=O) groups is 2. The molecule has 1 aliphatic rings. The van der Waals surface area contributed by atoms with Crippen LogP contribution in [0.25, 0.3) is 5.65 Å². The molecule has 0 radical (unpaired) electrons. The first-order valence-corrected chi connectivity index (χ1v) is 5.58. The number of nitrogen functional groups attached to an aromatic ring is 1. The van der Waals surface area contributed by atoms with Crippen LogP contribution in [0.2, 0.25) is 0 Å². The predicted octanol–water partition coefficient (Wildman–Crippen LogP) is -0.168. The SMILES string of the molecule is Nc1ccc(C2CCC(=O)NC2=O)n2cnnc12. The quantitative estimate of drug-likeness (QED) is 0.679. The van der Waals surface area contributed by atoms with Crippen molar-refractivity contribution in [3.8, 4) is 0 Å².